The van der Waals surface area contributed by atoms with E-state index < -0.39 is 5.54 Å². The smallest absolute Gasteiger partial charge is 0.330 e. The zero-order valence-corrected chi connectivity index (χ0v) is 11.6. The van der Waals surface area contributed by atoms with Crippen LogP contribution in [0.1, 0.15) is 39.7 Å². The summed E-state index contributed by atoms with van der Waals surface area (Å²) in [6, 6.07) is 9.31. The van der Waals surface area contributed by atoms with Gasteiger partial charge in [-0.3, -0.25) is 0 Å². The van der Waals surface area contributed by atoms with Gasteiger partial charge in [-0.05, 0) is 31.7 Å². The van der Waals surface area contributed by atoms with Crippen molar-refractivity contribution in [2.75, 3.05) is 0 Å². The van der Waals surface area contributed by atoms with Crippen LogP contribution >= 0.6 is 0 Å². The summed E-state index contributed by atoms with van der Waals surface area (Å²) in [7, 11) is 0. The highest BCUT2D eigenvalue weighted by atomic mass is 16.5. The molecule has 1 rings (SSSR count). The number of esters is 1. The third-order valence-electron chi connectivity index (χ3n) is 2.91. The Morgan fingerprint density at radius 2 is 1.83 bits per heavy atom. The van der Waals surface area contributed by atoms with Gasteiger partial charge in [-0.1, -0.05) is 44.2 Å². The molecule has 0 saturated carbocycles. The molecule has 0 aliphatic rings. The average molecular weight is 249 g/mol. The standard InChI is InChI=1S/C15H23NO2/c1-11(2)10-12(3)18-14(17)15(4,16)13-8-6-5-7-9-13/h5-9,11-12H,10,16H2,1-4H3. The molecule has 0 aliphatic carbocycles. The molecule has 0 amide bonds. The second-order valence-electron chi connectivity index (χ2n) is 5.41. The van der Waals surface area contributed by atoms with E-state index in [2.05, 4.69) is 13.8 Å². The fourth-order valence-corrected chi connectivity index (χ4v) is 1.92. The van der Waals surface area contributed by atoms with Gasteiger partial charge in [0.25, 0.3) is 0 Å². The minimum atomic E-state index is -1.09. The van der Waals surface area contributed by atoms with Crippen molar-refractivity contribution in [2.24, 2.45) is 11.7 Å². The van der Waals surface area contributed by atoms with E-state index in [9.17, 15) is 4.79 Å². The zero-order valence-electron chi connectivity index (χ0n) is 11.6. The zero-order chi connectivity index (χ0) is 13.8. The molecule has 0 heterocycles. The largest absolute Gasteiger partial charge is 0.461 e. The maximum Gasteiger partial charge on any atom is 0.330 e. The van der Waals surface area contributed by atoms with E-state index in [-0.39, 0.29) is 12.1 Å². The first-order chi connectivity index (χ1) is 8.34. The number of carbonyl (C=O) groups excluding carboxylic acids is 1. The van der Waals surface area contributed by atoms with Gasteiger partial charge in [-0.15, -0.1) is 0 Å². The lowest BCUT2D eigenvalue weighted by atomic mass is 9.93. The van der Waals surface area contributed by atoms with Crippen LogP contribution in [0.15, 0.2) is 30.3 Å². The van der Waals surface area contributed by atoms with Crippen molar-refractivity contribution in [1.82, 2.24) is 0 Å². The first kappa shape index (κ1) is 14.7. The second-order valence-corrected chi connectivity index (χ2v) is 5.41. The van der Waals surface area contributed by atoms with Crippen LogP contribution in [0.25, 0.3) is 0 Å². The van der Waals surface area contributed by atoms with Gasteiger partial charge in [0.15, 0.2) is 0 Å². The summed E-state index contributed by atoms with van der Waals surface area (Å²) >= 11 is 0. The highest BCUT2D eigenvalue weighted by Gasteiger charge is 2.33. The van der Waals surface area contributed by atoms with Crippen molar-refractivity contribution in [3.05, 3.63) is 35.9 Å². The fourth-order valence-electron chi connectivity index (χ4n) is 1.92. The topological polar surface area (TPSA) is 52.3 Å². The predicted octanol–water partition coefficient (Wildman–Crippen LogP) is 2.84. The Morgan fingerprint density at radius 3 is 2.33 bits per heavy atom. The summed E-state index contributed by atoms with van der Waals surface area (Å²) in [5.74, 6) is 0.121. The van der Waals surface area contributed by atoms with Gasteiger partial charge >= 0.3 is 5.97 Å². The third kappa shape index (κ3) is 3.84. The molecule has 0 saturated heterocycles. The molecule has 2 N–H and O–H groups in total. The van der Waals surface area contributed by atoms with Crippen LogP contribution in [0.2, 0.25) is 0 Å². The van der Waals surface area contributed by atoms with Gasteiger partial charge in [0.1, 0.15) is 5.54 Å². The van der Waals surface area contributed by atoms with E-state index in [1.54, 1.807) is 6.92 Å². The summed E-state index contributed by atoms with van der Waals surface area (Å²) in [4.78, 5) is 12.1. The van der Waals surface area contributed by atoms with Crippen LogP contribution in [-0.2, 0) is 15.1 Å². The first-order valence-corrected chi connectivity index (χ1v) is 6.39. The van der Waals surface area contributed by atoms with E-state index in [1.165, 1.54) is 0 Å². The molecule has 0 fully saturated rings. The fraction of sp³-hybridized carbons (Fsp3) is 0.533. The van der Waals surface area contributed by atoms with Crippen LogP contribution in [-0.4, -0.2) is 12.1 Å². The second kappa shape index (κ2) is 6.01. The van der Waals surface area contributed by atoms with E-state index in [0.717, 1.165) is 12.0 Å². The molecule has 3 heteroatoms. The van der Waals surface area contributed by atoms with Crippen LogP contribution in [0.5, 0.6) is 0 Å². The normalized spacial score (nSPS) is 16.1. The van der Waals surface area contributed by atoms with Crippen molar-refractivity contribution in [3.8, 4) is 0 Å². The van der Waals surface area contributed by atoms with Gasteiger partial charge in [-0.25, -0.2) is 4.79 Å². The Kier molecular flexibility index (Phi) is 4.91. The van der Waals surface area contributed by atoms with E-state index in [0.29, 0.717) is 5.92 Å². The molecule has 3 nitrogen and oxygen atoms in total. The Labute approximate surface area is 109 Å². The van der Waals surface area contributed by atoms with Crippen molar-refractivity contribution in [2.45, 2.75) is 45.8 Å². The molecule has 0 spiro atoms. The Hall–Kier alpha value is -1.35. The van der Waals surface area contributed by atoms with E-state index in [4.69, 9.17) is 10.5 Å². The van der Waals surface area contributed by atoms with Crippen molar-refractivity contribution in [3.63, 3.8) is 0 Å². The Morgan fingerprint density at radius 1 is 1.28 bits per heavy atom. The van der Waals surface area contributed by atoms with Gasteiger partial charge in [0, 0.05) is 0 Å². The minimum absolute atomic E-state index is 0.107. The molecule has 18 heavy (non-hydrogen) atoms. The minimum Gasteiger partial charge on any atom is -0.461 e. The van der Waals surface area contributed by atoms with Crippen LogP contribution in [0.3, 0.4) is 0 Å². The SMILES string of the molecule is CC(C)CC(C)OC(=O)C(C)(N)c1ccccc1. The van der Waals surface area contributed by atoms with Crippen LogP contribution in [0, 0.1) is 5.92 Å². The molecule has 0 aliphatic heterocycles. The quantitative estimate of drug-likeness (QED) is 0.816. The molecule has 0 radical (unpaired) electrons. The van der Waals surface area contributed by atoms with Crippen molar-refractivity contribution < 1.29 is 9.53 Å². The predicted molar refractivity (Wildman–Crippen MR) is 73.0 cm³/mol. The lowest BCUT2D eigenvalue weighted by Crippen LogP contribution is -2.44. The summed E-state index contributed by atoms with van der Waals surface area (Å²) in [5.41, 5.74) is 5.77. The highest BCUT2D eigenvalue weighted by molar-refractivity contribution is 5.81. The lowest BCUT2D eigenvalue weighted by molar-refractivity contribution is -0.155. The Bertz CT molecular complexity index is 385. The molecule has 1 aromatic carbocycles. The highest BCUT2D eigenvalue weighted by Crippen LogP contribution is 2.20. The number of rotatable bonds is 5. The average Bonchev–Trinajstić information content (AvgIpc) is 2.28. The maximum atomic E-state index is 12.1. The molecular formula is C15H23NO2. The van der Waals surface area contributed by atoms with Crippen molar-refractivity contribution >= 4 is 5.97 Å². The third-order valence-corrected chi connectivity index (χ3v) is 2.91. The Balaban J connectivity index is 2.71. The number of ether oxygens (including phenoxy) is 1. The maximum absolute atomic E-state index is 12.1. The molecule has 2 atom stereocenters. The molecule has 2 unspecified atom stereocenters. The number of nitrogens with two attached hydrogens (primary N) is 1. The van der Waals surface area contributed by atoms with Gasteiger partial charge in [0.05, 0.1) is 6.10 Å². The first-order valence-electron chi connectivity index (χ1n) is 6.39. The lowest BCUT2D eigenvalue weighted by Gasteiger charge is -2.26. The summed E-state index contributed by atoms with van der Waals surface area (Å²) in [6.45, 7) is 7.79. The van der Waals surface area contributed by atoms with E-state index >= 15 is 0 Å². The van der Waals surface area contributed by atoms with Gasteiger partial charge in [0.2, 0.25) is 0 Å². The van der Waals surface area contributed by atoms with Crippen LogP contribution < -0.4 is 5.73 Å². The molecule has 1 aromatic rings. The number of hydrogen-bond acceptors (Lipinski definition) is 3. The van der Waals surface area contributed by atoms with Gasteiger partial charge in [-0.2, -0.15) is 0 Å². The number of carbonyl (C=O) groups is 1. The van der Waals surface area contributed by atoms with Gasteiger partial charge < -0.3 is 10.5 Å². The monoisotopic (exact) mass is 249 g/mol. The summed E-state index contributed by atoms with van der Waals surface area (Å²) in [5, 5.41) is 0. The molecule has 0 bridgehead atoms. The summed E-state index contributed by atoms with van der Waals surface area (Å²) < 4.78 is 5.42. The summed E-state index contributed by atoms with van der Waals surface area (Å²) in [6.07, 6.45) is 0.737. The van der Waals surface area contributed by atoms with Crippen LogP contribution in [0.4, 0.5) is 0 Å². The number of benzene rings is 1. The van der Waals surface area contributed by atoms with E-state index in [1.807, 2.05) is 37.3 Å². The molecule has 0 aromatic heterocycles. The molecule has 100 valence electrons. The molecular weight excluding hydrogens is 226 g/mol. The van der Waals surface area contributed by atoms with Crippen molar-refractivity contribution in [1.29, 1.82) is 0 Å². The number of hydrogen-bond donors (Lipinski definition) is 1.